The molecular formula is C25H24N4O. The number of rotatable bonds is 3. The number of hydrogen-bond acceptors (Lipinski definition) is 3. The van der Waals surface area contributed by atoms with Crippen LogP contribution < -0.4 is 10.2 Å². The molecule has 0 saturated carbocycles. The molecule has 4 aromatic rings. The van der Waals surface area contributed by atoms with Gasteiger partial charge in [0.25, 0.3) is 5.91 Å². The van der Waals surface area contributed by atoms with Gasteiger partial charge in [0.15, 0.2) is 0 Å². The fourth-order valence-electron chi connectivity index (χ4n) is 4.53. The Hall–Kier alpha value is -3.60. The Kier molecular flexibility index (Phi) is 4.13. The van der Waals surface area contributed by atoms with E-state index < -0.39 is 5.66 Å². The number of nitrogens with one attached hydrogen (secondary N) is 1. The molecule has 3 heterocycles. The van der Waals surface area contributed by atoms with Crippen molar-refractivity contribution in [3.63, 3.8) is 0 Å². The van der Waals surface area contributed by atoms with Crippen LogP contribution in [0.1, 0.15) is 42.7 Å². The first-order valence-electron chi connectivity index (χ1n) is 10.2. The van der Waals surface area contributed by atoms with Crippen LogP contribution in [0.25, 0.3) is 16.7 Å². The van der Waals surface area contributed by atoms with Crippen molar-refractivity contribution in [2.45, 2.75) is 32.5 Å². The van der Waals surface area contributed by atoms with Gasteiger partial charge in [-0.25, -0.2) is 0 Å². The lowest BCUT2D eigenvalue weighted by atomic mass is 9.96. The summed E-state index contributed by atoms with van der Waals surface area (Å²) in [7, 11) is 0. The molecule has 0 aliphatic carbocycles. The number of carbonyl (C=O) groups excluding carboxylic acids is 1. The molecule has 0 spiro atoms. The highest BCUT2D eigenvalue weighted by Crippen LogP contribution is 2.39. The van der Waals surface area contributed by atoms with Crippen molar-refractivity contribution < 1.29 is 4.79 Å². The summed E-state index contributed by atoms with van der Waals surface area (Å²) in [6, 6.07) is 22.5. The maximum atomic E-state index is 12.9. The van der Waals surface area contributed by atoms with Crippen LogP contribution in [-0.2, 0) is 0 Å². The minimum atomic E-state index is -0.529. The summed E-state index contributed by atoms with van der Waals surface area (Å²) in [6.45, 7) is 6.28. The number of amides is 1. The highest BCUT2D eigenvalue weighted by molar-refractivity contribution is 6.03. The number of benzene rings is 2. The molecule has 1 amide bonds. The van der Waals surface area contributed by atoms with E-state index in [0.29, 0.717) is 5.56 Å². The molecule has 0 unspecified atom stereocenters. The molecule has 1 atom stereocenters. The van der Waals surface area contributed by atoms with Gasteiger partial charge in [0, 0.05) is 18.1 Å². The summed E-state index contributed by atoms with van der Waals surface area (Å²) in [5.41, 5.74) is 5.29. The summed E-state index contributed by atoms with van der Waals surface area (Å²) in [4.78, 5) is 19.6. The predicted molar refractivity (Wildman–Crippen MR) is 120 cm³/mol. The van der Waals surface area contributed by atoms with E-state index in [0.717, 1.165) is 22.4 Å². The first-order chi connectivity index (χ1) is 14.5. The van der Waals surface area contributed by atoms with Crippen LogP contribution in [0.5, 0.6) is 0 Å². The first-order valence-corrected chi connectivity index (χ1v) is 10.2. The van der Waals surface area contributed by atoms with Crippen molar-refractivity contribution in [1.29, 1.82) is 0 Å². The normalized spacial score (nSPS) is 16.2. The maximum absolute atomic E-state index is 12.9. The molecule has 0 radical (unpaired) electrons. The molecule has 1 N–H and O–H groups in total. The average molecular weight is 396 g/mol. The number of nitrogens with zero attached hydrogens (tertiary/aromatic N) is 3. The second-order valence-electron chi connectivity index (χ2n) is 8.26. The van der Waals surface area contributed by atoms with Gasteiger partial charge in [-0.05, 0) is 62.7 Å². The van der Waals surface area contributed by atoms with E-state index in [9.17, 15) is 4.79 Å². The van der Waals surface area contributed by atoms with Gasteiger partial charge >= 0.3 is 0 Å². The Balaban J connectivity index is 1.68. The molecule has 5 nitrogen and oxygen atoms in total. The highest BCUT2D eigenvalue weighted by Gasteiger charge is 2.39. The van der Waals surface area contributed by atoms with E-state index in [2.05, 4.69) is 76.9 Å². The fourth-order valence-corrected chi connectivity index (χ4v) is 4.53. The summed E-state index contributed by atoms with van der Waals surface area (Å²) >= 11 is 0. The minimum Gasteiger partial charge on any atom is -0.342 e. The monoisotopic (exact) mass is 396 g/mol. The summed E-state index contributed by atoms with van der Waals surface area (Å²) in [5.74, 6) is -0.0444. The summed E-state index contributed by atoms with van der Waals surface area (Å²) in [6.07, 6.45) is 3.83. The van der Waals surface area contributed by atoms with E-state index in [1.165, 1.54) is 5.56 Å². The van der Waals surface area contributed by atoms with E-state index >= 15 is 0 Å². The molecule has 0 bridgehead atoms. The van der Waals surface area contributed by atoms with Crippen LogP contribution in [0.3, 0.4) is 0 Å². The molecule has 1 aliphatic heterocycles. The Morgan fingerprint density at radius 3 is 2.60 bits per heavy atom. The lowest BCUT2D eigenvalue weighted by Crippen LogP contribution is -2.61. The highest BCUT2D eigenvalue weighted by atomic mass is 16.2. The Bertz CT molecular complexity index is 1240. The summed E-state index contributed by atoms with van der Waals surface area (Å²) < 4.78 is 2.12. The van der Waals surface area contributed by atoms with Gasteiger partial charge in [-0.3, -0.25) is 9.78 Å². The zero-order chi connectivity index (χ0) is 20.9. The van der Waals surface area contributed by atoms with Crippen LogP contribution in [-0.4, -0.2) is 21.1 Å². The van der Waals surface area contributed by atoms with Gasteiger partial charge in [0.2, 0.25) is 0 Å². The van der Waals surface area contributed by atoms with Crippen molar-refractivity contribution >= 4 is 22.6 Å². The Labute approximate surface area is 176 Å². The lowest BCUT2D eigenvalue weighted by molar-refractivity contribution is 0.0893. The number of fused-ring (bicyclic) bond motifs is 2. The molecule has 2 aromatic heterocycles. The van der Waals surface area contributed by atoms with Crippen molar-refractivity contribution in [2.24, 2.45) is 0 Å². The number of anilines is 1. The smallest absolute Gasteiger partial charge is 0.255 e. The third kappa shape index (κ3) is 2.86. The van der Waals surface area contributed by atoms with Gasteiger partial charge < -0.3 is 14.8 Å². The number of aromatic nitrogens is 2. The van der Waals surface area contributed by atoms with Crippen LogP contribution >= 0.6 is 0 Å². The number of carbonyl (C=O) groups is 1. The van der Waals surface area contributed by atoms with Crippen LogP contribution in [0.4, 0.5) is 5.69 Å². The third-order valence-corrected chi connectivity index (χ3v) is 5.91. The van der Waals surface area contributed by atoms with E-state index in [4.69, 9.17) is 0 Å². The Morgan fingerprint density at radius 1 is 1.00 bits per heavy atom. The third-order valence-electron chi connectivity index (χ3n) is 5.91. The van der Waals surface area contributed by atoms with Crippen molar-refractivity contribution in [3.05, 3.63) is 90.3 Å². The number of hydrogen-bond donors (Lipinski definition) is 1. The molecule has 150 valence electrons. The maximum Gasteiger partial charge on any atom is 0.255 e. The molecular weight excluding hydrogens is 372 g/mol. The molecule has 2 aromatic carbocycles. The van der Waals surface area contributed by atoms with Gasteiger partial charge in [0.05, 0.1) is 28.3 Å². The Morgan fingerprint density at radius 2 is 1.80 bits per heavy atom. The predicted octanol–water partition coefficient (Wildman–Crippen LogP) is 5.07. The lowest BCUT2D eigenvalue weighted by Gasteiger charge is -2.48. The summed E-state index contributed by atoms with van der Waals surface area (Å²) in [5, 5.41) is 3.17. The molecule has 0 fully saturated rings. The largest absolute Gasteiger partial charge is 0.342 e. The van der Waals surface area contributed by atoms with Gasteiger partial charge in [-0.2, -0.15) is 0 Å². The average Bonchev–Trinajstić information content (AvgIpc) is 3.17. The van der Waals surface area contributed by atoms with Crippen LogP contribution in [0.15, 0.2) is 79.1 Å². The number of pyridine rings is 1. The minimum absolute atomic E-state index is 0.0444. The van der Waals surface area contributed by atoms with Crippen LogP contribution in [0, 0.1) is 0 Å². The zero-order valence-electron chi connectivity index (χ0n) is 17.3. The van der Waals surface area contributed by atoms with Crippen molar-refractivity contribution in [3.8, 4) is 5.69 Å². The van der Waals surface area contributed by atoms with Gasteiger partial charge in [-0.1, -0.05) is 30.3 Å². The van der Waals surface area contributed by atoms with Crippen molar-refractivity contribution in [2.75, 3.05) is 4.90 Å². The van der Waals surface area contributed by atoms with E-state index in [-0.39, 0.29) is 11.9 Å². The fraction of sp³-hybridized carbons (Fsp3) is 0.200. The van der Waals surface area contributed by atoms with Gasteiger partial charge in [-0.15, -0.1) is 0 Å². The van der Waals surface area contributed by atoms with Crippen molar-refractivity contribution in [1.82, 2.24) is 14.9 Å². The van der Waals surface area contributed by atoms with Gasteiger partial charge in [0.1, 0.15) is 5.66 Å². The van der Waals surface area contributed by atoms with E-state index in [1.807, 2.05) is 36.5 Å². The molecule has 5 heteroatoms. The quantitative estimate of drug-likeness (QED) is 0.526. The molecule has 1 aliphatic rings. The SMILES string of the molecule is C[C@H](c1ccccc1)N1c2cc(-n3ccc4ncccc43)ccc2C(=O)NC1(C)C. The second kappa shape index (κ2) is 6.73. The molecule has 5 rings (SSSR count). The van der Waals surface area contributed by atoms with E-state index in [1.54, 1.807) is 6.20 Å². The standard InChI is InChI=1S/C25H24N4O/c1-17(18-8-5-4-6-9-18)29-23-16-19(11-12-20(23)24(30)27-25(29,2)3)28-15-13-21-22(28)10-7-14-26-21/h4-17H,1-3H3,(H,27,30)/t17-/m1/s1. The topological polar surface area (TPSA) is 50.2 Å². The zero-order valence-corrected chi connectivity index (χ0v) is 17.3. The second-order valence-corrected chi connectivity index (χ2v) is 8.26. The van der Waals surface area contributed by atoms with Crippen LogP contribution in [0.2, 0.25) is 0 Å². The molecule has 30 heavy (non-hydrogen) atoms. The molecule has 0 saturated heterocycles. The first kappa shape index (κ1) is 18.4.